The van der Waals surface area contributed by atoms with Gasteiger partial charge in [-0.05, 0) is 29.9 Å². The number of rotatable bonds is 1. The second-order valence-corrected chi connectivity index (χ2v) is 6.22. The summed E-state index contributed by atoms with van der Waals surface area (Å²) >= 11 is 0. The molecule has 2 aliphatic carbocycles. The summed E-state index contributed by atoms with van der Waals surface area (Å²) in [5.41, 5.74) is -1.21. The third-order valence-corrected chi connectivity index (χ3v) is 5.27. The third kappa shape index (κ3) is 1.88. The molecular formula is C20H14N4. The molecule has 3 rings (SSSR count). The van der Waals surface area contributed by atoms with Gasteiger partial charge in [-0.2, -0.15) is 21.0 Å². The Morgan fingerprint density at radius 1 is 0.875 bits per heavy atom. The Bertz CT molecular complexity index is 853. The zero-order chi connectivity index (χ0) is 17.2. The fourth-order valence-corrected chi connectivity index (χ4v) is 3.92. The Hall–Kier alpha value is -3.34. The van der Waals surface area contributed by atoms with Gasteiger partial charge in [0.1, 0.15) is 0 Å². The molecule has 1 saturated carbocycles. The van der Waals surface area contributed by atoms with Crippen LogP contribution in [0.25, 0.3) is 5.57 Å². The fourth-order valence-electron chi connectivity index (χ4n) is 3.92. The molecule has 114 valence electrons. The normalized spacial score (nSPS) is 25.8. The molecule has 1 aromatic carbocycles. The Morgan fingerprint density at radius 2 is 1.50 bits per heavy atom. The van der Waals surface area contributed by atoms with E-state index in [1.165, 1.54) is 0 Å². The van der Waals surface area contributed by atoms with Crippen molar-refractivity contribution in [3.8, 4) is 24.3 Å². The lowest BCUT2D eigenvalue weighted by molar-refractivity contribution is 0.266. The second-order valence-electron chi connectivity index (χ2n) is 6.22. The van der Waals surface area contributed by atoms with E-state index in [4.69, 9.17) is 0 Å². The van der Waals surface area contributed by atoms with Crippen LogP contribution in [0.5, 0.6) is 0 Å². The summed E-state index contributed by atoms with van der Waals surface area (Å²) in [6.07, 6.45) is 6.73. The van der Waals surface area contributed by atoms with Crippen LogP contribution in [0.1, 0.15) is 18.4 Å². The Morgan fingerprint density at radius 3 is 2.08 bits per heavy atom. The molecule has 2 aliphatic rings. The molecule has 0 N–H and O–H groups in total. The molecule has 0 unspecified atom stereocenters. The highest BCUT2D eigenvalue weighted by atomic mass is 14.7. The Labute approximate surface area is 141 Å². The van der Waals surface area contributed by atoms with Gasteiger partial charge in [0.25, 0.3) is 0 Å². The quantitative estimate of drug-likeness (QED) is 0.789. The number of allylic oxidation sites excluding steroid dienone is 4. The van der Waals surface area contributed by atoms with E-state index in [0.717, 1.165) is 11.1 Å². The van der Waals surface area contributed by atoms with E-state index >= 15 is 0 Å². The van der Waals surface area contributed by atoms with Crippen LogP contribution in [0.15, 0.2) is 48.6 Å². The van der Waals surface area contributed by atoms with Crippen molar-refractivity contribution in [1.82, 2.24) is 0 Å². The van der Waals surface area contributed by atoms with E-state index < -0.39 is 16.7 Å². The highest BCUT2D eigenvalue weighted by Gasteiger charge is 2.67. The van der Waals surface area contributed by atoms with Gasteiger partial charge in [0, 0.05) is 5.92 Å². The summed E-state index contributed by atoms with van der Waals surface area (Å²) in [4.78, 5) is 0. The number of hydrogen-bond donors (Lipinski definition) is 0. The first-order chi connectivity index (χ1) is 11.7. The van der Waals surface area contributed by atoms with Gasteiger partial charge < -0.3 is 0 Å². The molecule has 1 fully saturated rings. The molecule has 4 nitrogen and oxygen atoms in total. The minimum Gasteiger partial charge on any atom is -0.196 e. The fraction of sp³-hybridized carbons (Fsp3) is 0.300. The molecule has 4 heteroatoms. The second kappa shape index (κ2) is 5.70. The van der Waals surface area contributed by atoms with E-state index in [-0.39, 0.29) is 5.92 Å². The molecule has 0 aliphatic heterocycles. The van der Waals surface area contributed by atoms with Crippen molar-refractivity contribution >= 4 is 5.57 Å². The van der Waals surface area contributed by atoms with Crippen molar-refractivity contribution in [3.05, 3.63) is 54.1 Å². The summed E-state index contributed by atoms with van der Waals surface area (Å²) in [7, 11) is 0. The van der Waals surface area contributed by atoms with Crippen LogP contribution in [0.2, 0.25) is 0 Å². The van der Waals surface area contributed by atoms with Crippen LogP contribution >= 0.6 is 0 Å². The number of nitriles is 4. The molecule has 2 atom stereocenters. The van der Waals surface area contributed by atoms with Gasteiger partial charge in [-0.1, -0.05) is 48.6 Å². The maximum Gasteiger partial charge on any atom is 0.181 e. The summed E-state index contributed by atoms with van der Waals surface area (Å²) < 4.78 is 0. The molecule has 0 spiro atoms. The number of benzene rings is 1. The average Bonchev–Trinajstić information content (AvgIpc) is 2.91. The molecule has 0 saturated heterocycles. The third-order valence-electron chi connectivity index (χ3n) is 5.27. The van der Waals surface area contributed by atoms with Gasteiger partial charge in [-0.15, -0.1) is 0 Å². The van der Waals surface area contributed by atoms with E-state index in [2.05, 4.69) is 0 Å². The SMILES string of the molecule is N#CC1(C#N)[C@@H]2CC=C(c3ccccc3)C=C[C@@H](C2)C1(C#N)C#N. The maximum absolute atomic E-state index is 9.71. The van der Waals surface area contributed by atoms with Gasteiger partial charge in [0.2, 0.25) is 0 Å². The van der Waals surface area contributed by atoms with Crippen molar-refractivity contribution in [1.29, 1.82) is 21.0 Å². The minimum atomic E-state index is -1.63. The highest BCUT2D eigenvalue weighted by molar-refractivity contribution is 5.74. The van der Waals surface area contributed by atoms with Crippen molar-refractivity contribution in [2.75, 3.05) is 0 Å². The van der Waals surface area contributed by atoms with Crippen LogP contribution in [0.4, 0.5) is 0 Å². The number of nitrogens with zero attached hydrogens (tertiary/aromatic N) is 4. The van der Waals surface area contributed by atoms with Crippen LogP contribution in [-0.2, 0) is 0 Å². The summed E-state index contributed by atoms with van der Waals surface area (Å²) in [5.74, 6) is -0.760. The first kappa shape index (κ1) is 15.6. The summed E-state index contributed by atoms with van der Waals surface area (Å²) in [6, 6.07) is 17.9. The topological polar surface area (TPSA) is 95.2 Å². The van der Waals surface area contributed by atoms with Gasteiger partial charge in [0.15, 0.2) is 10.8 Å². The molecule has 0 aromatic heterocycles. The van der Waals surface area contributed by atoms with Gasteiger partial charge in [0.05, 0.1) is 24.3 Å². The zero-order valence-corrected chi connectivity index (χ0v) is 13.0. The summed E-state index contributed by atoms with van der Waals surface area (Å²) in [6.45, 7) is 0. The van der Waals surface area contributed by atoms with Gasteiger partial charge >= 0.3 is 0 Å². The van der Waals surface area contributed by atoms with Crippen LogP contribution in [0, 0.1) is 68.0 Å². The van der Waals surface area contributed by atoms with E-state index in [0.29, 0.717) is 12.8 Å². The first-order valence-electron chi connectivity index (χ1n) is 7.76. The lowest BCUT2D eigenvalue weighted by atomic mass is 9.62. The first-order valence-corrected chi connectivity index (χ1v) is 7.76. The van der Waals surface area contributed by atoms with Crippen molar-refractivity contribution in [2.24, 2.45) is 22.7 Å². The lowest BCUT2D eigenvalue weighted by Gasteiger charge is -2.29. The molecule has 24 heavy (non-hydrogen) atoms. The van der Waals surface area contributed by atoms with Gasteiger partial charge in [-0.25, -0.2) is 0 Å². The van der Waals surface area contributed by atoms with Crippen molar-refractivity contribution < 1.29 is 0 Å². The average molecular weight is 310 g/mol. The van der Waals surface area contributed by atoms with E-state index in [1.54, 1.807) is 0 Å². The van der Waals surface area contributed by atoms with E-state index in [9.17, 15) is 21.0 Å². The maximum atomic E-state index is 9.71. The van der Waals surface area contributed by atoms with Crippen LogP contribution < -0.4 is 0 Å². The Balaban J connectivity index is 2.15. The molecule has 0 heterocycles. The standard InChI is InChI=1S/C20H14N4/c21-11-19(12-22)17-8-6-16(15-4-2-1-3-5-15)7-9-18(10-17)20(19,13-23)14-24/h1-8,17-18H,9-10H2/t17-,18+/m0/s1. The number of hydrogen-bond acceptors (Lipinski definition) is 4. The molecule has 0 radical (unpaired) electrons. The predicted molar refractivity (Wildman–Crippen MR) is 87.1 cm³/mol. The molecule has 1 aromatic rings. The molecular weight excluding hydrogens is 296 g/mol. The zero-order valence-electron chi connectivity index (χ0n) is 13.0. The molecule has 0 amide bonds. The highest BCUT2D eigenvalue weighted by Crippen LogP contribution is 2.60. The van der Waals surface area contributed by atoms with Crippen LogP contribution in [-0.4, -0.2) is 0 Å². The molecule has 2 bridgehead atoms. The smallest absolute Gasteiger partial charge is 0.181 e. The van der Waals surface area contributed by atoms with Gasteiger partial charge in [-0.3, -0.25) is 0 Å². The van der Waals surface area contributed by atoms with E-state index in [1.807, 2.05) is 72.8 Å². The minimum absolute atomic E-state index is 0.333. The monoisotopic (exact) mass is 310 g/mol. The van der Waals surface area contributed by atoms with Crippen molar-refractivity contribution in [2.45, 2.75) is 12.8 Å². The number of fused-ring (bicyclic) bond motifs is 2. The Kier molecular flexibility index (Phi) is 3.69. The predicted octanol–water partition coefficient (Wildman–Crippen LogP) is 3.73. The lowest BCUT2D eigenvalue weighted by Crippen LogP contribution is -2.40. The summed E-state index contributed by atoms with van der Waals surface area (Å²) in [5, 5.41) is 38.8. The largest absolute Gasteiger partial charge is 0.196 e. The van der Waals surface area contributed by atoms with Crippen molar-refractivity contribution in [3.63, 3.8) is 0 Å². The van der Waals surface area contributed by atoms with Crippen LogP contribution in [0.3, 0.4) is 0 Å².